The normalized spacial score (nSPS) is 11.6. The van der Waals surface area contributed by atoms with Crippen LogP contribution in [-0.2, 0) is 4.79 Å². The SMILES string of the molecule is CC(=O)Nc1ccc(C(=O)NC(C)c2ccccc2Cl)cc1. The average Bonchev–Trinajstić information content (AvgIpc) is 2.47. The summed E-state index contributed by atoms with van der Waals surface area (Å²) in [5, 5.41) is 6.18. The van der Waals surface area contributed by atoms with Crippen molar-refractivity contribution < 1.29 is 9.59 Å². The predicted molar refractivity (Wildman–Crippen MR) is 88.1 cm³/mol. The van der Waals surface area contributed by atoms with Gasteiger partial charge in [0.1, 0.15) is 0 Å². The number of halogens is 1. The molecule has 0 fully saturated rings. The molecule has 0 heterocycles. The molecule has 5 heteroatoms. The van der Waals surface area contributed by atoms with Gasteiger partial charge in [-0.3, -0.25) is 9.59 Å². The summed E-state index contributed by atoms with van der Waals surface area (Å²) < 4.78 is 0. The van der Waals surface area contributed by atoms with Gasteiger partial charge in [-0.25, -0.2) is 0 Å². The summed E-state index contributed by atoms with van der Waals surface area (Å²) in [5.41, 5.74) is 2.04. The molecule has 0 saturated carbocycles. The fourth-order valence-electron chi connectivity index (χ4n) is 2.09. The molecular formula is C17H17ClN2O2. The van der Waals surface area contributed by atoms with Crippen molar-refractivity contribution in [2.75, 3.05) is 5.32 Å². The second-order valence-corrected chi connectivity index (χ2v) is 5.38. The molecule has 0 aliphatic rings. The third-order valence-corrected chi connectivity index (χ3v) is 3.53. The molecule has 4 nitrogen and oxygen atoms in total. The number of anilines is 1. The average molecular weight is 317 g/mol. The van der Waals surface area contributed by atoms with Gasteiger partial charge in [-0.05, 0) is 42.8 Å². The molecule has 1 atom stereocenters. The van der Waals surface area contributed by atoms with Crippen molar-refractivity contribution in [3.63, 3.8) is 0 Å². The standard InChI is InChI=1S/C17H17ClN2O2/c1-11(15-5-3-4-6-16(15)18)19-17(22)13-7-9-14(10-8-13)20-12(2)21/h3-11H,1-2H3,(H,19,22)(H,20,21). The largest absolute Gasteiger partial charge is 0.345 e. The lowest BCUT2D eigenvalue weighted by Gasteiger charge is -2.16. The van der Waals surface area contributed by atoms with Crippen molar-refractivity contribution in [3.8, 4) is 0 Å². The molecule has 2 aromatic carbocycles. The first-order chi connectivity index (χ1) is 10.5. The Balaban J connectivity index is 2.06. The zero-order chi connectivity index (χ0) is 16.1. The Morgan fingerprint density at radius 3 is 2.27 bits per heavy atom. The monoisotopic (exact) mass is 316 g/mol. The van der Waals surface area contributed by atoms with Gasteiger partial charge in [0.15, 0.2) is 0 Å². The zero-order valence-electron chi connectivity index (χ0n) is 12.4. The Hall–Kier alpha value is -2.33. The molecule has 2 rings (SSSR count). The molecule has 22 heavy (non-hydrogen) atoms. The Kier molecular flexibility index (Phi) is 5.17. The van der Waals surface area contributed by atoms with Gasteiger partial charge in [0.2, 0.25) is 5.91 Å². The second kappa shape index (κ2) is 7.09. The molecule has 1 unspecified atom stereocenters. The zero-order valence-corrected chi connectivity index (χ0v) is 13.1. The minimum Gasteiger partial charge on any atom is -0.345 e. The number of nitrogens with one attached hydrogen (secondary N) is 2. The first-order valence-electron chi connectivity index (χ1n) is 6.90. The van der Waals surface area contributed by atoms with Crippen LogP contribution < -0.4 is 10.6 Å². The Labute approximate surface area is 134 Å². The van der Waals surface area contributed by atoms with Gasteiger partial charge < -0.3 is 10.6 Å². The summed E-state index contributed by atoms with van der Waals surface area (Å²) in [6, 6.07) is 13.9. The van der Waals surface area contributed by atoms with Crippen LogP contribution in [0.15, 0.2) is 48.5 Å². The van der Waals surface area contributed by atoms with Crippen molar-refractivity contribution in [3.05, 3.63) is 64.7 Å². The molecule has 2 N–H and O–H groups in total. The van der Waals surface area contributed by atoms with E-state index in [1.807, 2.05) is 25.1 Å². The Morgan fingerprint density at radius 1 is 1.05 bits per heavy atom. The summed E-state index contributed by atoms with van der Waals surface area (Å²) in [6.45, 7) is 3.32. The van der Waals surface area contributed by atoms with Gasteiger partial charge in [0.05, 0.1) is 6.04 Å². The van der Waals surface area contributed by atoms with Crippen molar-refractivity contribution in [1.82, 2.24) is 5.32 Å². The highest BCUT2D eigenvalue weighted by atomic mass is 35.5. The lowest BCUT2D eigenvalue weighted by molar-refractivity contribution is -0.114. The minimum atomic E-state index is -0.198. The van der Waals surface area contributed by atoms with Crippen LogP contribution in [0.2, 0.25) is 5.02 Å². The number of carbonyl (C=O) groups excluding carboxylic acids is 2. The number of amides is 2. The van der Waals surface area contributed by atoms with Gasteiger partial charge in [0, 0.05) is 23.2 Å². The van der Waals surface area contributed by atoms with Gasteiger partial charge in [0.25, 0.3) is 5.91 Å². The lowest BCUT2D eigenvalue weighted by Crippen LogP contribution is -2.26. The fourth-order valence-corrected chi connectivity index (χ4v) is 2.39. The maximum atomic E-state index is 12.2. The number of hydrogen-bond acceptors (Lipinski definition) is 2. The molecule has 0 aliphatic heterocycles. The molecule has 0 spiro atoms. The van der Waals surface area contributed by atoms with E-state index in [9.17, 15) is 9.59 Å². The molecule has 0 aliphatic carbocycles. The Morgan fingerprint density at radius 2 is 1.68 bits per heavy atom. The van der Waals surface area contributed by atoms with Crippen molar-refractivity contribution in [2.45, 2.75) is 19.9 Å². The van der Waals surface area contributed by atoms with E-state index in [1.54, 1.807) is 30.3 Å². The van der Waals surface area contributed by atoms with Crippen LogP contribution in [0, 0.1) is 0 Å². The topological polar surface area (TPSA) is 58.2 Å². The Bertz CT molecular complexity index is 683. The summed E-state index contributed by atoms with van der Waals surface area (Å²) in [4.78, 5) is 23.2. The van der Waals surface area contributed by atoms with E-state index >= 15 is 0 Å². The van der Waals surface area contributed by atoms with Crippen LogP contribution in [0.3, 0.4) is 0 Å². The van der Waals surface area contributed by atoms with Crippen LogP contribution in [0.25, 0.3) is 0 Å². The quantitative estimate of drug-likeness (QED) is 0.901. The van der Waals surface area contributed by atoms with E-state index in [-0.39, 0.29) is 17.9 Å². The summed E-state index contributed by atoms with van der Waals surface area (Å²) in [5.74, 6) is -0.341. The summed E-state index contributed by atoms with van der Waals surface area (Å²) in [6.07, 6.45) is 0. The van der Waals surface area contributed by atoms with Crippen molar-refractivity contribution in [1.29, 1.82) is 0 Å². The molecule has 0 aromatic heterocycles. The third kappa shape index (κ3) is 4.09. The number of rotatable bonds is 4. The van der Waals surface area contributed by atoms with Crippen LogP contribution >= 0.6 is 11.6 Å². The number of carbonyl (C=O) groups is 2. The van der Waals surface area contributed by atoms with E-state index in [4.69, 9.17) is 11.6 Å². The van der Waals surface area contributed by atoms with E-state index in [1.165, 1.54) is 6.92 Å². The number of benzene rings is 2. The smallest absolute Gasteiger partial charge is 0.251 e. The molecule has 0 bridgehead atoms. The van der Waals surface area contributed by atoms with E-state index in [0.29, 0.717) is 16.3 Å². The highest BCUT2D eigenvalue weighted by Gasteiger charge is 2.13. The van der Waals surface area contributed by atoms with Crippen LogP contribution in [0.1, 0.15) is 35.8 Å². The van der Waals surface area contributed by atoms with E-state index in [2.05, 4.69) is 10.6 Å². The molecule has 2 amide bonds. The van der Waals surface area contributed by atoms with Gasteiger partial charge in [-0.15, -0.1) is 0 Å². The highest BCUT2D eigenvalue weighted by Crippen LogP contribution is 2.22. The van der Waals surface area contributed by atoms with Crippen molar-refractivity contribution >= 4 is 29.1 Å². The first kappa shape index (κ1) is 16.0. The minimum absolute atomic E-state index is 0.149. The summed E-state index contributed by atoms with van der Waals surface area (Å²) >= 11 is 6.13. The predicted octanol–water partition coefficient (Wildman–Crippen LogP) is 3.79. The maximum Gasteiger partial charge on any atom is 0.251 e. The van der Waals surface area contributed by atoms with Crippen molar-refractivity contribution in [2.24, 2.45) is 0 Å². The van der Waals surface area contributed by atoms with Gasteiger partial charge in [-0.2, -0.15) is 0 Å². The molecule has 2 aromatic rings. The van der Waals surface area contributed by atoms with Gasteiger partial charge >= 0.3 is 0 Å². The van der Waals surface area contributed by atoms with Crippen LogP contribution in [-0.4, -0.2) is 11.8 Å². The fraction of sp³-hybridized carbons (Fsp3) is 0.176. The lowest BCUT2D eigenvalue weighted by atomic mass is 10.1. The molecule has 0 saturated heterocycles. The van der Waals surface area contributed by atoms with Crippen LogP contribution in [0.5, 0.6) is 0 Å². The molecule has 114 valence electrons. The third-order valence-electron chi connectivity index (χ3n) is 3.19. The molecular weight excluding hydrogens is 300 g/mol. The maximum absolute atomic E-state index is 12.2. The van der Waals surface area contributed by atoms with E-state index in [0.717, 1.165) is 5.56 Å². The van der Waals surface area contributed by atoms with Crippen LogP contribution in [0.4, 0.5) is 5.69 Å². The first-order valence-corrected chi connectivity index (χ1v) is 7.28. The highest BCUT2D eigenvalue weighted by molar-refractivity contribution is 6.31. The van der Waals surface area contributed by atoms with E-state index < -0.39 is 0 Å². The molecule has 0 radical (unpaired) electrons. The second-order valence-electron chi connectivity index (χ2n) is 4.98. The number of hydrogen-bond donors (Lipinski definition) is 2. The van der Waals surface area contributed by atoms with Gasteiger partial charge in [-0.1, -0.05) is 29.8 Å². The summed E-state index contributed by atoms with van der Waals surface area (Å²) in [7, 11) is 0.